The summed E-state index contributed by atoms with van der Waals surface area (Å²) in [6.07, 6.45) is 2.01. The summed E-state index contributed by atoms with van der Waals surface area (Å²) in [7, 11) is 4.24. The molecule has 1 N–H and O–H groups in total. The molecule has 2 fully saturated rings. The number of hydrogen-bond donors (Lipinski definition) is 1. The maximum Gasteiger partial charge on any atom is 0.290 e. The number of aryl methyl sites for hydroxylation is 1. The Morgan fingerprint density at radius 2 is 2.09 bits per heavy atom. The van der Waals surface area contributed by atoms with Crippen LogP contribution >= 0.6 is 0 Å². The highest BCUT2D eigenvalue weighted by Gasteiger charge is 2.31. The van der Waals surface area contributed by atoms with E-state index < -0.39 is 0 Å². The zero-order valence-electron chi connectivity index (χ0n) is 13.6. The number of rotatable bonds is 2. The van der Waals surface area contributed by atoms with E-state index in [2.05, 4.69) is 28.9 Å². The lowest BCUT2D eigenvalue weighted by atomic mass is 10.1. The van der Waals surface area contributed by atoms with Gasteiger partial charge in [-0.1, -0.05) is 0 Å². The van der Waals surface area contributed by atoms with Crippen molar-refractivity contribution < 1.29 is 14.6 Å². The summed E-state index contributed by atoms with van der Waals surface area (Å²) in [5, 5.41) is 11.2. The molecule has 2 bridgehead atoms. The minimum Gasteiger partial charge on any atom is -0.483 e. The van der Waals surface area contributed by atoms with Gasteiger partial charge in [0.05, 0.1) is 19.4 Å². The van der Waals surface area contributed by atoms with Crippen molar-refractivity contribution >= 4 is 6.47 Å². The van der Waals surface area contributed by atoms with E-state index in [1.165, 1.54) is 11.3 Å². The maximum atomic E-state index is 8.36. The monoisotopic (exact) mass is 310 g/mol. The molecule has 2 saturated heterocycles. The second kappa shape index (κ2) is 7.71. The first-order valence-corrected chi connectivity index (χ1v) is 7.60. The average molecular weight is 310 g/mol. The largest absolute Gasteiger partial charge is 0.483 e. The van der Waals surface area contributed by atoms with Gasteiger partial charge in [-0.25, -0.2) is 0 Å². The predicted molar refractivity (Wildman–Crippen MR) is 82.6 cm³/mol. The van der Waals surface area contributed by atoms with Crippen LogP contribution in [-0.2, 0) is 23.1 Å². The summed E-state index contributed by atoms with van der Waals surface area (Å²) in [6.45, 7) is 8.08. The third-order valence-electron chi connectivity index (χ3n) is 4.55. The molecule has 2 atom stereocenters. The minimum absolute atomic E-state index is 0.250. The van der Waals surface area contributed by atoms with E-state index in [4.69, 9.17) is 14.6 Å². The number of nitrogens with zero attached hydrogens (tertiary/aromatic N) is 4. The van der Waals surface area contributed by atoms with Crippen molar-refractivity contribution in [2.45, 2.75) is 19.5 Å². The van der Waals surface area contributed by atoms with Crippen molar-refractivity contribution in [3.8, 4) is 0 Å². The van der Waals surface area contributed by atoms with Crippen LogP contribution in [0.15, 0.2) is 6.20 Å². The van der Waals surface area contributed by atoms with Crippen LogP contribution in [0.5, 0.6) is 0 Å². The Balaban J connectivity index is 0.000000545. The second-order valence-electron chi connectivity index (χ2n) is 6.18. The van der Waals surface area contributed by atoms with Gasteiger partial charge < -0.3 is 9.84 Å². The third-order valence-corrected chi connectivity index (χ3v) is 4.55. The van der Waals surface area contributed by atoms with E-state index in [1.54, 1.807) is 0 Å². The van der Waals surface area contributed by atoms with Crippen LogP contribution in [0.25, 0.3) is 0 Å². The standard InChI is InChI=1S/C14H24N4O.CH2O2/c1-11-13(4-15-17(11)3)7-18-6-12-5-16(2)14(8-18)10-19-9-12;2-1-3/h4,12,14H,5-10H2,1-3H3;1H,(H,2,3)/t12-,14+;/m1./s1. The lowest BCUT2D eigenvalue weighted by molar-refractivity contribution is -0.122. The molecule has 0 radical (unpaired) electrons. The zero-order valence-corrected chi connectivity index (χ0v) is 13.6. The lowest BCUT2D eigenvalue weighted by Gasteiger charge is -2.29. The van der Waals surface area contributed by atoms with Gasteiger partial charge >= 0.3 is 0 Å². The highest BCUT2D eigenvalue weighted by Crippen LogP contribution is 2.20. The molecule has 3 rings (SSSR count). The summed E-state index contributed by atoms with van der Waals surface area (Å²) in [4.78, 5) is 13.4. The number of fused-ring (bicyclic) bond motifs is 3. The molecular formula is C15H26N4O3. The average Bonchev–Trinajstić information content (AvgIpc) is 2.62. The molecule has 124 valence electrons. The Kier molecular flexibility index (Phi) is 5.93. The Morgan fingerprint density at radius 1 is 1.36 bits per heavy atom. The molecule has 0 amide bonds. The van der Waals surface area contributed by atoms with Crippen LogP contribution in [0, 0.1) is 12.8 Å². The first-order chi connectivity index (χ1) is 10.5. The van der Waals surface area contributed by atoms with Gasteiger partial charge in [0.15, 0.2) is 0 Å². The van der Waals surface area contributed by atoms with Crippen molar-refractivity contribution in [1.29, 1.82) is 0 Å². The highest BCUT2D eigenvalue weighted by molar-refractivity contribution is 5.32. The molecule has 0 aromatic carbocycles. The van der Waals surface area contributed by atoms with Crippen molar-refractivity contribution in [3.05, 3.63) is 17.5 Å². The molecule has 1 aromatic heterocycles. The van der Waals surface area contributed by atoms with Gasteiger partial charge in [0.2, 0.25) is 0 Å². The minimum atomic E-state index is -0.250. The number of carboxylic acid groups (broad SMARTS) is 1. The van der Waals surface area contributed by atoms with E-state index in [-0.39, 0.29) is 6.47 Å². The fourth-order valence-electron chi connectivity index (χ4n) is 3.22. The van der Waals surface area contributed by atoms with Gasteiger partial charge in [0, 0.05) is 56.4 Å². The molecule has 0 aliphatic carbocycles. The van der Waals surface area contributed by atoms with Gasteiger partial charge in [-0.2, -0.15) is 5.10 Å². The number of ether oxygens (including phenoxy) is 1. The van der Waals surface area contributed by atoms with Crippen LogP contribution in [0.1, 0.15) is 11.3 Å². The Bertz CT molecular complexity index is 491. The summed E-state index contributed by atoms with van der Waals surface area (Å²) < 4.78 is 7.74. The van der Waals surface area contributed by atoms with Crippen LogP contribution in [0.3, 0.4) is 0 Å². The molecular weight excluding hydrogens is 284 g/mol. The van der Waals surface area contributed by atoms with Gasteiger partial charge in [-0.15, -0.1) is 0 Å². The number of hydrogen-bond acceptors (Lipinski definition) is 5. The molecule has 0 unspecified atom stereocenters. The normalized spacial score (nSPS) is 26.0. The van der Waals surface area contributed by atoms with Gasteiger partial charge in [0.1, 0.15) is 0 Å². The van der Waals surface area contributed by atoms with E-state index in [0.717, 1.165) is 39.4 Å². The van der Waals surface area contributed by atoms with Gasteiger partial charge in [-0.3, -0.25) is 19.3 Å². The molecule has 7 nitrogen and oxygen atoms in total. The Hall–Kier alpha value is -1.44. The first-order valence-electron chi connectivity index (χ1n) is 7.60. The van der Waals surface area contributed by atoms with Gasteiger partial charge in [0.25, 0.3) is 6.47 Å². The lowest BCUT2D eigenvalue weighted by Crippen LogP contribution is -2.41. The van der Waals surface area contributed by atoms with E-state index in [0.29, 0.717) is 12.0 Å². The van der Waals surface area contributed by atoms with Crippen molar-refractivity contribution in [2.75, 3.05) is 39.9 Å². The van der Waals surface area contributed by atoms with Crippen LogP contribution in [0.4, 0.5) is 0 Å². The van der Waals surface area contributed by atoms with Crippen LogP contribution in [0.2, 0.25) is 0 Å². The number of aromatic nitrogens is 2. The number of carbonyl (C=O) groups is 1. The fourth-order valence-corrected chi connectivity index (χ4v) is 3.22. The van der Waals surface area contributed by atoms with Crippen molar-refractivity contribution in [1.82, 2.24) is 19.6 Å². The summed E-state index contributed by atoms with van der Waals surface area (Å²) in [5.41, 5.74) is 2.63. The summed E-state index contributed by atoms with van der Waals surface area (Å²) >= 11 is 0. The third kappa shape index (κ3) is 4.06. The molecule has 0 spiro atoms. The fraction of sp³-hybridized carbons (Fsp3) is 0.733. The molecule has 3 heterocycles. The number of likely N-dealkylation sites (N-methyl/N-ethyl adjacent to an activating group) is 1. The second-order valence-corrected chi connectivity index (χ2v) is 6.18. The van der Waals surface area contributed by atoms with E-state index in [1.807, 2.05) is 17.9 Å². The summed E-state index contributed by atoms with van der Waals surface area (Å²) in [5.74, 6) is 0.634. The Labute approximate surface area is 131 Å². The molecule has 1 aromatic rings. The smallest absolute Gasteiger partial charge is 0.290 e. The Morgan fingerprint density at radius 3 is 2.73 bits per heavy atom. The topological polar surface area (TPSA) is 70.8 Å². The van der Waals surface area contributed by atoms with Gasteiger partial charge in [-0.05, 0) is 14.0 Å². The van der Waals surface area contributed by atoms with Crippen LogP contribution in [-0.4, -0.2) is 77.1 Å². The quantitative estimate of drug-likeness (QED) is 0.787. The SMILES string of the molecule is Cc1c(CN2C[C@@H]3COC[C@H](C2)N(C)C3)cnn1C.O=CO. The van der Waals surface area contributed by atoms with E-state index >= 15 is 0 Å². The first kappa shape index (κ1) is 16.9. The molecule has 22 heavy (non-hydrogen) atoms. The molecule has 2 aliphatic heterocycles. The molecule has 2 aliphatic rings. The van der Waals surface area contributed by atoms with Crippen LogP contribution < -0.4 is 0 Å². The highest BCUT2D eigenvalue weighted by atomic mass is 16.5. The maximum absolute atomic E-state index is 8.36. The molecule has 7 heteroatoms. The molecule has 0 saturated carbocycles. The van der Waals surface area contributed by atoms with Crippen molar-refractivity contribution in [3.63, 3.8) is 0 Å². The zero-order chi connectivity index (χ0) is 16.1. The summed E-state index contributed by atoms with van der Waals surface area (Å²) in [6, 6.07) is 0.532. The van der Waals surface area contributed by atoms with E-state index in [9.17, 15) is 0 Å². The predicted octanol–water partition coefficient (Wildman–Crippen LogP) is 0.192. The van der Waals surface area contributed by atoms with Crippen molar-refractivity contribution in [2.24, 2.45) is 13.0 Å².